The number of anilines is 1. The molecule has 1 saturated heterocycles. The normalized spacial score (nSPS) is 19.7. The SMILES string of the molecule is Cc1nc(N)ccc1CNC(=O)[C@H](C)NC(=O)[C@H]1CC(Cc2cc(Cl)cs2)CN1. The van der Waals surface area contributed by atoms with E-state index < -0.39 is 6.04 Å². The van der Waals surface area contributed by atoms with E-state index >= 15 is 0 Å². The molecule has 0 bridgehead atoms. The Labute approximate surface area is 179 Å². The zero-order valence-electron chi connectivity index (χ0n) is 16.5. The number of thiophene rings is 1. The van der Waals surface area contributed by atoms with E-state index in [1.54, 1.807) is 24.3 Å². The highest BCUT2D eigenvalue weighted by molar-refractivity contribution is 7.10. The molecule has 2 aromatic heterocycles. The first-order valence-electron chi connectivity index (χ1n) is 9.58. The Morgan fingerprint density at radius 1 is 1.45 bits per heavy atom. The van der Waals surface area contributed by atoms with Crippen molar-refractivity contribution in [3.05, 3.63) is 44.7 Å². The molecule has 3 atom stereocenters. The molecule has 1 aliphatic heterocycles. The van der Waals surface area contributed by atoms with Gasteiger partial charge in [-0.3, -0.25) is 9.59 Å². The first kappa shape index (κ1) is 21.5. The van der Waals surface area contributed by atoms with Crippen LogP contribution < -0.4 is 21.7 Å². The minimum atomic E-state index is -0.624. The van der Waals surface area contributed by atoms with E-state index in [1.165, 1.54) is 4.88 Å². The number of aryl methyl sites for hydroxylation is 1. The van der Waals surface area contributed by atoms with Gasteiger partial charge in [-0.1, -0.05) is 17.7 Å². The number of nitrogens with zero attached hydrogens (tertiary/aromatic N) is 1. The highest BCUT2D eigenvalue weighted by Crippen LogP contribution is 2.25. The first-order chi connectivity index (χ1) is 13.8. The Bertz CT molecular complexity index is 888. The van der Waals surface area contributed by atoms with Gasteiger partial charge in [0.1, 0.15) is 11.9 Å². The molecule has 0 spiro atoms. The van der Waals surface area contributed by atoms with Gasteiger partial charge in [-0.15, -0.1) is 11.3 Å². The molecule has 5 N–H and O–H groups in total. The Balaban J connectivity index is 1.44. The van der Waals surface area contributed by atoms with E-state index in [-0.39, 0.29) is 17.9 Å². The number of carbonyl (C=O) groups is 2. The van der Waals surface area contributed by atoms with Gasteiger partial charge in [0.05, 0.1) is 11.1 Å². The summed E-state index contributed by atoms with van der Waals surface area (Å²) < 4.78 is 0. The largest absolute Gasteiger partial charge is 0.384 e. The molecule has 2 aromatic rings. The lowest BCUT2D eigenvalue weighted by atomic mass is 10.0. The average molecular weight is 436 g/mol. The van der Waals surface area contributed by atoms with Gasteiger partial charge in [-0.25, -0.2) is 4.98 Å². The molecule has 1 fully saturated rings. The van der Waals surface area contributed by atoms with Crippen molar-refractivity contribution in [2.75, 3.05) is 12.3 Å². The first-order valence-corrected chi connectivity index (χ1v) is 10.8. The summed E-state index contributed by atoms with van der Waals surface area (Å²) in [5, 5.41) is 11.6. The van der Waals surface area contributed by atoms with E-state index in [4.69, 9.17) is 17.3 Å². The van der Waals surface area contributed by atoms with Crippen molar-refractivity contribution in [2.24, 2.45) is 5.92 Å². The fraction of sp³-hybridized carbons (Fsp3) is 0.450. The van der Waals surface area contributed by atoms with Crippen LogP contribution in [0.2, 0.25) is 5.02 Å². The summed E-state index contributed by atoms with van der Waals surface area (Å²) in [6.45, 7) is 4.64. The van der Waals surface area contributed by atoms with E-state index in [0.29, 0.717) is 18.3 Å². The van der Waals surface area contributed by atoms with Crippen LogP contribution in [0.4, 0.5) is 5.82 Å². The number of hydrogen-bond acceptors (Lipinski definition) is 6. The van der Waals surface area contributed by atoms with Gasteiger partial charge in [0.15, 0.2) is 0 Å². The molecule has 156 valence electrons. The lowest BCUT2D eigenvalue weighted by Gasteiger charge is -2.17. The van der Waals surface area contributed by atoms with Crippen molar-refractivity contribution in [3.8, 4) is 0 Å². The van der Waals surface area contributed by atoms with E-state index in [0.717, 1.165) is 35.7 Å². The van der Waals surface area contributed by atoms with Gasteiger partial charge in [-0.05, 0) is 56.8 Å². The molecule has 1 aliphatic rings. The van der Waals surface area contributed by atoms with Crippen molar-refractivity contribution in [3.63, 3.8) is 0 Å². The Kier molecular flexibility index (Phi) is 7.10. The predicted octanol–water partition coefficient (Wildman–Crippen LogP) is 2.03. The third-order valence-corrected chi connectivity index (χ3v) is 6.38. The van der Waals surface area contributed by atoms with Gasteiger partial charge in [0, 0.05) is 22.5 Å². The Morgan fingerprint density at radius 3 is 2.93 bits per heavy atom. The van der Waals surface area contributed by atoms with Crippen LogP contribution >= 0.6 is 22.9 Å². The van der Waals surface area contributed by atoms with Crippen molar-refractivity contribution in [1.82, 2.24) is 20.9 Å². The van der Waals surface area contributed by atoms with Crippen LogP contribution in [-0.2, 0) is 22.6 Å². The highest BCUT2D eigenvalue weighted by Gasteiger charge is 2.31. The molecule has 0 aliphatic carbocycles. The third-order valence-electron chi connectivity index (χ3n) is 5.07. The number of nitrogen functional groups attached to an aromatic ring is 1. The van der Waals surface area contributed by atoms with Crippen molar-refractivity contribution in [2.45, 2.75) is 45.3 Å². The van der Waals surface area contributed by atoms with Crippen LogP contribution in [-0.4, -0.2) is 35.4 Å². The number of nitrogens with one attached hydrogen (secondary N) is 3. The minimum Gasteiger partial charge on any atom is -0.384 e. The molecular formula is C20H26ClN5O2S. The van der Waals surface area contributed by atoms with Gasteiger partial charge in [-0.2, -0.15) is 0 Å². The fourth-order valence-electron chi connectivity index (χ4n) is 3.42. The number of nitrogens with two attached hydrogens (primary N) is 1. The van der Waals surface area contributed by atoms with Crippen molar-refractivity contribution < 1.29 is 9.59 Å². The van der Waals surface area contributed by atoms with Crippen LogP contribution in [0.25, 0.3) is 0 Å². The summed E-state index contributed by atoms with van der Waals surface area (Å²) in [6.07, 6.45) is 1.64. The zero-order chi connectivity index (χ0) is 21.0. The number of carbonyl (C=O) groups excluding carboxylic acids is 2. The number of pyridine rings is 1. The topological polar surface area (TPSA) is 109 Å². The number of hydrogen-bond donors (Lipinski definition) is 4. The second-order valence-electron chi connectivity index (χ2n) is 7.43. The van der Waals surface area contributed by atoms with Gasteiger partial charge >= 0.3 is 0 Å². The number of rotatable bonds is 7. The summed E-state index contributed by atoms with van der Waals surface area (Å²) in [5.41, 5.74) is 7.31. The molecule has 0 saturated carbocycles. The quantitative estimate of drug-likeness (QED) is 0.532. The van der Waals surface area contributed by atoms with Gasteiger partial charge in [0.25, 0.3) is 0 Å². The monoisotopic (exact) mass is 435 g/mol. The second kappa shape index (κ2) is 9.56. The summed E-state index contributed by atoms with van der Waals surface area (Å²) in [5.74, 6) is 0.440. The summed E-state index contributed by atoms with van der Waals surface area (Å²) >= 11 is 7.62. The second-order valence-corrected chi connectivity index (χ2v) is 8.86. The maximum Gasteiger partial charge on any atom is 0.242 e. The van der Waals surface area contributed by atoms with Crippen LogP contribution in [0.1, 0.15) is 29.5 Å². The smallest absolute Gasteiger partial charge is 0.242 e. The average Bonchev–Trinajstić information content (AvgIpc) is 3.30. The molecule has 3 heterocycles. The van der Waals surface area contributed by atoms with Crippen LogP contribution in [0.15, 0.2) is 23.6 Å². The number of halogens is 1. The lowest BCUT2D eigenvalue weighted by molar-refractivity contribution is -0.129. The molecule has 7 nitrogen and oxygen atoms in total. The zero-order valence-corrected chi connectivity index (χ0v) is 18.1. The lowest BCUT2D eigenvalue weighted by Crippen LogP contribution is -2.50. The van der Waals surface area contributed by atoms with E-state index in [1.807, 2.05) is 24.4 Å². The summed E-state index contributed by atoms with van der Waals surface area (Å²) in [4.78, 5) is 30.3. The van der Waals surface area contributed by atoms with Crippen LogP contribution in [0.5, 0.6) is 0 Å². The van der Waals surface area contributed by atoms with Crippen molar-refractivity contribution >= 4 is 40.6 Å². The van der Waals surface area contributed by atoms with E-state index in [9.17, 15) is 9.59 Å². The molecule has 29 heavy (non-hydrogen) atoms. The Morgan fingerprint density at radius 2 is 2.24 bits per heavy atom. The maximum atomic E-state index is 12.5. The maximum absolute atomic E-state index is 12.5. The third kappa shape index (κ3) is 5.91. The molecular weight excluding hydrogens is 410 g/mol. The molecule has 0 radical (unpaired) electrons. The molecule has 1 unspecified atom stereocenters. The standard InChI is InChI=1S/C20H26ClN5O2S/c1-11-14(3-4-18(22)25-11)9-24-19(27)12(2)26-20(28)17-6-13(8-23-17)5-16-7-15(21)10-29-16/h3-4,7,10,12-13,17,23H,5-6,8-9H2,1-2H3,(H2,22,25)(H,24,27)(H,26,28)/t12-,13?,17+/m0/s1. The number of aromatic nitrogens is 1. The molecule has 2 amide bonds. The molecule has 9 heteroatoms. The highest BCUT2D eigenvalue weighted by atomic mass is 35.5. The van der Waals surface area contributed by atoms with Crippen molar-refractivity contribution in [1.29, 1.82) is 0 Å². The van der Waals surface area contributed by atoms with Gasteiger partial charge in [0.2, 0.25) is 11.8 Å². The molecule has 3 rings (SSSR count). The Hall–Kier alpha value is -2.16. The van der Waals surface area contributed by atoms with E-state index in [2.05, 4.69) is 20.9 Å². The summed E-state index contributed by atoms with van der Waals surface area (Å²) in [7, 11) is 0. The van der Waals surface area contributed by atoms with Gasteiger partial charge < -0.3 is 21.7 Å². The minimum absolute atomic E-state index is 0.148. The fourth-order valence-corrected chi connectivity index (χ4v) is 4.61. The number of amides is 2. The molecule has 0 aromatic carbocycles. The van der Waals surface area contributed by atoms with Crippen LogP contribution in [0.3, 0.4) is 0 Å². The van der Waals surface area contributed by atoms with Crippen LogP contribution in [0, 0.1) is 12.8 Å². The summed E-state index contributed by atoms with van der Waals surface area (Å²) in [6, 6.07) is 4.61. The predicted molar refractivity (Wildman–Crippen MR) is 116 cm³/mol.